The molecule has 1 unspecified atom stereocenters. The first-order valence-electron chi connectivity index (χ1n) is 26.2. The zero-order chi connectivity index (χ0) is 57.0. The maximum absolute atomic E-state index is 14.1. The van der Waals surface area contributed by atoms with Crippen molar-refractivity contribution in [3.05, 3.63) is 118 Å². The van der Waals surface area contributed by atoms with Crippen molar-refractivity contribution < 1.29 is 43.9 Å². The highest BCUT2D eigenvalue weighted by Crippen LogP contribution is 2.43. The summed E-state index contributed by atoms with van der Waals surface area (Å²) in [6.45, 7) is 34.4. The number of aromatic nitrogens is 3. The van der Waals surface area contributed by atoms with Gasteiger partial charge in [-0.25, -0.2) is 23.5 Å². The third-order valence-corrected chi connectivity index (χ3v) is 13.4. The van der Waals surface area contributed by atoms with Crippen LogP contribution in [0.2, 0.25) is 0 Å². The number of carbonyl (C=O) groups is 3. The number of nitrogens with one attached hydrogen (secondary N) is 1. The molecule has 3 aromatic carbocycles. The first-order chi connectivity index (χ1) is 34.2. The van der Waals surface area contributed by atoms with Gasteiger partial charge in [-0.1, -0.05) is 161 Å². The fourth-order valence-corrected chi connectivity index (χ4v) is 8.98. The van der Waals surface area contributed by atoms with Crippen LogP contribution in [0.4, 0.5) is 0 Å². The number of aryl methyl sites for hydroxylation is 3. The van der Waals surface area contributed by atoms with E-state index >= 15 is 0 Å². The molecule has 1 heterocycles. The van der Waals surface area contributed by atoms with Crippen molar-refractivity contribution in [3.8, 4) is 17.2 Å². The van der Waals surface area contributed by atoms with Crippen LogP contribution in [0.1, 0.15) is 206 Å². The van der Waals surface area contributed by atoms with Gasteiger partial charge in [0.15, 0.2) is 0 Å². The van der Waals surface area contributed by atoms with Crippen molar-refractivity contribution in [2.75, 3.05) is 19.8 Å². The summed E-state index contributed by atoms with van der Waals surface area (Å²) in [5.74, 6) is -1.13. The smallest absolute Gasteiger partial charge is 0.336 e. The molecule has 4 rings (SSSR count). The monoisotopic (exact) mass is 1040 g/mol. The molecule has 15 nitrogen and oxygen atoms in total. The van der Waals surface area contributed by atoms with E-state index in [4.69, 9.17) is 14.2 Å². The molecule has 4 aromatic rings. The summed E-state index contributed by atoms with van der Waals surface area (Å²) in [7, 11) is 0. The molecule has 1 aromatic heterocycles. The standard InChI is InChI=1S/C60H87N3O12/c1-55(2,3)40-29-36(30-41(49(40)67)56(4,5)6)19-22-46(64)73-27-25-39(35-75-48(66)24-21-38-33-44(59(13,14)15)51(69)45(34-38)60(16,17)18)63-53(71)61-52(70)62(54(63)72)26-28-74-47(65)23-20-37-31-42(57(7,8)9)50(68)43(32-37)58(10,11)12/h29-34,39,67-69H,19-28,35H2,1-18H3,(H,61,70,71). The van der Waals surface area contributed by atoms with E-state index in [1.807, 2.05) is 161 Å². The lowest BCUT2D eigenvalue weighted by atomic mass is 9.78. The number of nitrogens with zero attached hydrogens (tertiary/aromatic N) is 2. The van der Waals surface area contributed by atoms with Crippen LogP contribution in [-0.2, 0) is 86.9 Å². The Balaban J connectivity index is 1.56. The number of H-pyrrole nitrogens is 1. The average Bonchev–Trinajstić information content (AvgIpc) is 3.25. The topological polar surface area (TPSA) is 216 Å². The third-order valence-electron chi connectivity index (χ3n) is 13.4. The Morgan fingerprint density at radius 3 is 1.07 bits per heavy atom. The van der Waals surface area contributed by atoms with E-state index in [9.17, 15) is 44.1 Å². The van der Waals surface area contributed by atoms with E-state index in [2.05, 4.69) is 4.98 Å². The van der Waals surface area contributed by atoms with Crippen LogP contribution in [0.5, 0.6) is 17.2 Å². The first kappa shape index (κ1) is 61.4. The molecule has 0 bridgehead atoms. The highest BCUT2D eigenvalue weighted by molar-refractivity contribution is 5.71. The molecule has 414 valence electrons. The SMILES string of the molecule is CC(C)(C)c1cc(CCC(=O)OCCC(COC(=O)CCc2cc(C(C)(C)C)c(O)c(C(C)(C)C)c2)n2c(=O)[nH]c(=O)n(CCOC(=O)CCc3cc(C(C)(C)C)c(O)c(C(C)(C)C)c3)c2=O)cc(C(C)(C)C)c1O. The number of aromatic hydroxyl groups is 3. The molecular weight excluding hydrogens is 955 g/mol. The van der Waals surface area contributed by atoms with E-state index in [0.29, 0.717) is 12.8 Å². The van der Waals surface area contributed by atoms with Crippen molar-refractivity contribution in [1.82, 2.24) is 14.1 Å². The largest absolute Gasteiger partial charge is 0.507 e. The maximum Gasteiger partial charge on any atom is 0.336 e. The first-order valence-corrected chi connectivity index (χ1v) is 26.2. The summed E-state index contributed by atoms with van der Waals surface area (Å²) < 4.78 is 18.3. The number of carbonyl (C=O) groups excluding carboxylic acids is 3. The molecule has 0 radical (unpaired) electrons. The molecule has 0 aliphatic carbocycles. The minimum Gasteiger partial charge on any atom is -0.507 e. The number of phenols is 3. The number of esters is 3. The lowest BCUT2D eigenvalue weighted by Crippen LogP contribution is -2.52. The summed E-state index contributed by atoms with van der Waals surface area (Å²) >= 11 is 0. The summed E-state index contributed by atoms with van der Waals surface area (Å²) in [6, 6.07) is 10.1. The number of benzene rings is 3. The zero-order valence-electron chi connectivity index (χ0n) is 48.2. The Morgan fingerprint density at radius 1 is 0.467 bits per heavy atom. The normalized spacial score (nSPS) is 13.1. The predicted octanol–water partition coefficient (Wildman–Crippen LogP) is 10.1. The molecule has 4 N–H and O–H groups in total. The summed E-state index contributed by atoms with van der Waals surface area (Å²) in [6.07, 6.45) is 0.591. The number of hydrogen-bond donors (Lipinski definition) is 4. The zero-order valence-corrected chi connectivity index (χ0v) is 48.2. The van der Waals surface area contributed by atoms with Gasteiger partial charge in [0.2, 0.25) is 0 Å². The average molecular weight is 1040 g/mol. The summed E-state index contributed by atoms with van der Waals surface area (Å²) in [5, 5.41) is 33.6. The van der Waals surface area contributed by atoms with Crippen molar-refractivity contribution in [1.29, 1.82) is 0 Å². The van der Waals surface area contributed by atoms with Gasteiger partial charge < -0.3 is 29.5 Å². The third kappa shape index (κ3) is 16.4. The van der Waals surface area contributed by atoms with E-state index in [1.54, 1.807) is 0 Å². The van der Waals surface area contributed by atoms with Crippen LogP contribution < -0.4 is 17.1 Å². The van der Waals surface area contributed by atoms with E-state index in [1.165, 1.54) is 0 Å². The van der Waals surface area contributed by atoms with Crippen LogP contribution >= 0.6 is 0 Å². The minimum atomic E-state index is -1.21. The lowest BCUT2D eigenvalue weighted by Gasteiger charge is -2.28. The molecule has 0 saturated heterocycles. The van der Waals surface area contributed by atoms with Crippen LogP contribution in [0.15, 0.2) is 50.8 Å². The number of rotatable bonds is 18. The fraction of sp³-hybridized carbons (Fsp3) is 0.600. The highest BCUT2D eigenvalue weighted by Gasteiger charge is 2.30. The minimum absolute atomic E-state index is 0.0162. The van der Waals surface area contributed by atoms with Gasteiger partial charge in [-0.3, -0.25) is 19.4 Å². The van der Waals surface area contributed by atoms with E-state index in [-0.39, 0.29) is 84.2 Å². The molecule has 75 heavy (non-hydrogen) atoms. The molecule has 0 fully saturated rings. The van der Waals surface area contributed by atoms with Crippen LogP contribution in [0.25, 0.3) is 0 Å². The van der Waals surface area contributed by atoms with Crippen LogP contribution in [-0.4, -0.2) is 67.2 Å². The highest BCUT2D eigenvalue weighted by atomic mass is 16.5. The number of ether oxygens (including phenoxy) is 3. The lowest BCUT2D eigenvalue weighted by molar-refractivity contribution is -0.147. The van der Waals surface area contributed by atoms with Crippen molar-refractivity contribution in [3.63, 3.8) is 0 Å². The molecule has 0 spiro atoms. The second-order valence-electron chi connectivity index (χ2n) is 26.2. The van der Waals surface area contributed by atoms with Gasteiger partial charge in [0.1, 0.15) is 30.5 Å². The van der Waals surface area contributed by atoms with Gasteiger partial charge in [0.25, 0.3) is 0 Å². The number of aromatic amines is 1. The molecule has 0 aliphatic heterocycles. The Morgan fingerprint density at radius 2 is 0.760 bits per heavy atom. The summed E-state index contributed by atoms with van der Waals surface area (Å²) in [4.78, 5) is 82.9. The van der Waals surface area contributed by atoms with Crippen LogP contribution in [0, 0.1) is 0 Å². The van der Waals surface area contributed by atoms with Crippen molar-refractivity contribution >= 4 is 17.9 Å². The van der Waals surface area contributed by atoms with Gasteiger partial charge in [0, 0.05) is 25.7 Å². The predicted molar refractivity (Wildman–Crippen MR) is 294 cm³/mol. The van der Waals surface area contributed by atoms with Crippen LogP contribution in [0.3, 0.4) is 0 Å². The molecule has 0 aliphatic rings. The van der Waals surface area contributed by atoms with Gasteiger partial charge in [-0.15, -0.1) is 0 Å². The molecule has 15 heteroatoms. The summed E-state index contributed by atoms with van der Waals surface area (Å²) in [5.41, 5.74) is 1.56. The van der Waals surface area contributed by atoms with E-state index in [0.717, 1.165) is 59.2 Å². The van der Waals surface area contributed by atoms with Gasteiger partial charge >= 0.3 is 35.0 Å². The Hall–Kier alpha value is -6.12. The van der Waals surface area contributed by atoms with E-state index < -0.39 is 65.0 Å². The molecule has 0 amide bonds. The maximum atomic E-state index is 14.1. The molecule has 1 atom stereocenters. The molecule has 0 saturated carbocycles. The Bertz CT molecular complexity index is 2790. The van der Waals surface area contributed by atoms with Crippen molar-refractivity contribution in [2.24, 2.45) is 0 Å². The van der Waals surface area contributed by atoms with Gasteiger partial charge in [-0.05, 0) is 102 Å². The fourth-order valence-electron chi connectivity index (χ4n) is 8.98. The van der Waals surface area contributed by atoms with Gasteiger partial charge in [0.05, 0.1) is 19.2 Å². The number of phenolic OH excluding ortho intramolecular Hbond substituents is 3. The quantitative estimate of drug-likeness (QED) is 0.0541. The second kappa shape index (κ2) is 23.4. The van der Waals surface area contributed by atoms with Gasteiger partial charge in [-0.2, -0.15) is 0 Å². The van der Waals surface area contributed by atoms with Crippen molar-refractivity contribution in [2.45, 2.75) is 215 Å². The Labute approximate surface area is 444 Å². The number of hydrogen-bond acceptors (Lipinski definition) is 12. The second-order valence-corrected chi connectivity index (χ2v) is 26.2. The molecular formula is C60H87N3O12. The Kier molecular flexibility index (Phi) is 19.2.